The van der Waals surface area contributed by atoms with E-state index in [0.717, 1.165) is 16.5 Å². The molecule has 5 N–H and O–H groups in total. The molecule has 7 amide bonds. The minimum absolute atomic E-state index is 0.104. The van der Waals surface area contributed by atoms with Gasteiger partial charge in [-0.25, -0.2) is 18.4 Å². The Hall–Kier alpha value is -5.13. The molecule has 2 unspecified atom stereocenters. The van der Waals surface area contributed by atoms with Gasteiger partial charge in [0.1, 0.15) is 48.5 Å². The SMILES string of the molecule is Cc1ccc(NC(=O)N[C@@H](CC2CC(F)=CC(F)C2)C(=O)N[C@@H]2C(=O)N3CCC[C@H]3C(=O)N3CCCC[C@H]3C(=O)N[C@@H](C)C(=O)N3C[C@@H](O)C[C@H]3C(=O)O[C@H]2C)cc1. The van der Waals surface area contributed by atoms with Crippen LogP contribution in [0.2, 0.25) is 0 Å². The average molecular weight is 814 g/mol. The fraction of sp³-hybridized carbons (Fsp3) is 0.625. The van der Waals surface area contributed by atoms with Crippen LogP contribution in [0.15, 0.2) is 36.2 Å². The van der Waals surface area contributed by atoms with E-state index in [1.165, 1.54) is 23.6 Å². The molecule has 0 spiro atoms. The van der Waals surface area contributed by atoms with Crippen molar-refractivity contribution in [2.75, 3.05) is 25.0 Å². The summed E-state index contributed by atoms with van der Waals surface area (Å²) in [6.45, 7) is 4.79. The maximum atomic E-state index is 14.7. The molecule has 18 heteroatoms. The number of aliphatic hydroxyl groups is 1. The van der Waals surface area contributed by atoms with Crippen LogP contribution in [0.5, 0.6) is 0 Å². The first-order chi connectivity index (χ1) is 27.6. The Morgan fingerprint density at radius 1 is 0.914 bits per heavy atom. The summed E-state index contributed by atoms with van der Waals surface area (Å²) in [7, 11) is 0. The molecule has 316 valence electrons. The maximum Gasteiger partial charge on any atom is 0.329 e. The molecule has 0 aromatic heterocycles. The third-order valence-corrected chi connectivity index (χ3v) is 11.7. The van der Waals surface area contributed by atoms with Gasteiger partial charge in [0.25, 0.3) is 0 Å². The fourth-order valence-electron chi connectivity index (χ4n) is 8.71. The van der Waals surface area contributed by atoms with E-state index in [1.807, 2.05) is 6.92 Å². The minimum Gasteiger partial charge on any atom is -0.458 e. The number of hydrogen-bond acceptors (Lipinski definition) is 9. The Morgan fingerprint density at radius 2 is 1.60 bits per heavy atom. The quantitative estimate of drug-likeness (QED) is 0.265. The number of benzene rings is 1. The van der Waals surface area contributed by atoms with Crippen molar-refractivity contribution in [1.82, 2.24) is 30.7 Å². The topological polar surface area (TPSA) is 207 Å². The number of ether oxygens (including phenoxy) is 1. The summed E-state index contributed by atoms with van der Waals surface area (Å²) >= 11 is 0. The van der Waals surface area contributed by atoms with Crippen LogP contribution in [-0.2, 0) is 33.5 Å². The highest BCUT2D eigenvalue weighted by Crippen LogP contribution is 2.31. The second kappa shape index (κ2) is 18.2. The number of carbonyl (C=O) groups is 7. The van der Waals surface area contributed by atoms with Gasteiger partial charge in [-0.1, -0.05) is 17.7 Å². The van der Waals surface area contributed by atoms with E-state index in [-0.39, 0.29) is 51.7 Å². The number of aliphatic hydroxyl groups excluding tert-OH is 1. The standard InChI is InChI=1S/C40H53F2N7O9/c1-21-9-11-27(12-10-21)44-40(57)45-29(17-24-15-25(41)18-26(42)16-24)34(51)46-33-23(3)58-39(56)32-19-28(50)20-49(32)36(53)22(2)43-35(52)30-7-4-5-13-47(30)37(54)31-8-6-14-48(31)38(33)55/h9-12,18,22-25,28-33,50H,4-8,13-17,19-20H2,1-3H3,(H,43,52)(H,46,51)(H2,44,45,57)/t22-,23-,24?,25?,28-,29-,30-,31-,32-,33-/m0/s1. The summed E-state index contributed by atoms with van der Waals surface area (Å²) in [6, 6.07) is -1.42. The summed E-state index contributed by atoms with van der Waals surface area (Å²) in [5.41, 5.74) is 1.34. The van der Waals surface area contributed by atoms with Crippen molar-refractivity contribution in [3.05, 3.63) is 41.7 Å². The largest absolute Gasteiger partial charge is 0.458 e. The van der Waals surface area contributed by atoms with Crippen LogP contribution in [0.25, 0.3) is 0 Å². The highest BCUT2D eigenvalue weighted by atomic mass is 19.1. The molecule has 0 radical (unpaired) electrons. The summed E-state index contributed by atoms with van der Waals surface area (Å²) in [4.78, 5) is 102. The van der Waals surface area contributed by atoms with Crippen molar-refractivity contribution in [3.63, 3.8) is 0 Å². The van der Waals surface area contributed by atoms with E-state index >= 15 is 0 Å². The van der Waals surface area contributed by atoms with Crippen molar-refractivity contribution in [2.45, 2.75) is 133 Å². The van der Waals surface area contributed by atoms with Crippen LogP contribution in [0.3, 0.4) is 0 Å². The molecule has 5 aliphatic rings. The predicted molar refractivity (Wildman–Crippen MR) is 204 cm³/mol. The van der Waals surface area contributed by atoms with Crippen molar-refractivity contribution < 1.29 is 52.2 Å². The summed E-state index contributed by atoms with van der Waals surface area (Å²) in [6.07, 6.45) is -1.75. The third-order valence-electron chi connectivity index (χ3n) is 11.7. The number of hydrogen-bond donors (Lipinski definition) is 5. The first-order valence-electron chi connectivity index (χ1n) is 20.1. The van der Waals surface area contributed by atoms with Gasteiger partial charge in [-0.15, -0.1) is 0 Å². The van der Waals surface area contributed by atoms with Crippen LogP contribution in [0, 0.1) is 12.8 Å². The second-order valence-electron chi connectivity index (χ2n) is 16.2. The van der Waals surface area contributed by atoms with E-state index in [9.17, 15) is 47.4 Å². The van der Waals surface area contributed by atoms with Crippen LogP contribution in [0.1, 0.15) is 77.2 Å². The van der Waals surface area contributed by atoms with Crippen molar-refractivity contribution in [1.29, 1.82) is 0 Å². The number of allylic oxidation sites excluding steroid dienone is 2. The van der Waals surface area contributed by atoms with Crippen molar-refractivity contribution in [3.8, 4) is 0 Å². The number of alkyl halides is 1. The van der Waals surface area contributed by atoms with E-state index in [1.54, 1.807) is 24.3 Å². The molecule has 10 atom stereocenters. The number of nitrogens with zero attached hydrogens (tertiary/aromatic N) is 3. The zero-order valence-corrected chi connectivity index (χ0v) is 33.0. The van der Waals surface area contributed by atoms with Crippen LogP contribution in [0.4, 0.5) is 19.3 Å². The van der Waals surface area contributed by atoms with Gasteiger partial charge in [0.05, 0.1) is 11.9 Å². The number of amides is 7. The normalized spacial score (nSPS) is 31.6. The number of halogens is 2. The molecule has 4 heterocycles. The number of nitrogens with one attached hydrogen (secondary N) is 4. The number of cyclic esters (lactones) is 1. The Balaban J connectivity index is 1.32. The Kier molecular flexibility index (Phi) is 13.3. The smallest absolute Gasteiger partial charge is 0.329 e. The molecule has 0 bridgehead atoms. The lowest BCUT2D eigenvalue weighted by atomic mass is 9.86. The maximum absolute atomic E-state index is 14.7. The molecular weight excluding hydrogens is 760 g/mol. The van der Waals surface area contributed by atoms with E-state index in [4.69, 9.17) is 4.74 Å². The van der Waals surface area contributed by atoms with Gasteiger partial charge >= 0.3 is 12.0 Å². The van der Waals surface area contributed by atoms with Gasteiger partial charge in [0.2, 0.25) is 29.5 Å². The molecule has 1 aliphatic carbocycles. The van der Waals surface area contributed by atoms with Gasteiger partial charge in [-0.3, -0.25) is 24.0 Å². The molecular formula is C40H53F2N7O9. The van der Waals surface area contributed by atoms with Crippen LogP contribution in [-0.4, -0.2) is 136 Å². The van der Waals surface area contributed by atoms with Gasteiger partial charge in [-0.05, 0) is 89.8 Å². The molecule has 16 nitrogen and oxygen atoms in total. The number of piperidine rings is 1. The zero-order chi connectivity index (χ0) is 41.8. The number of rotatable bonds is 6. The van der Waals surface area contributed by atoms with Crippen LogP contribution >= 0.6 is 0 Å². The molecule has 0 saturated carbocycles. The lowest BCUT2D eigenvalue weighted by Gasteiger charge is -2.39. The van der Waals surface area contributed by atoms with Gasteiger partial charge in [-0.2, -0.15) is 0 Å². The molecule has 4 saturated heterocycles. The number of aryl methyl sites for hydroxylation is 1. The molecule has 4 fully saturated rings. The Morgan fingerprint density at radius 3 is 2.33 bits per heavy atom. The van der Waals surface area contributed by atoms with Gasteiger partial charge < -0.3 is 45.8 Å². The second-order valence-corrected chi connectivity index (χ2v) is 16.2. The summed E-state index contributed by atoms with van der Waals surface area (Å²) in [5, 5.41) is 21.1. The zero-order valence-electron chi connectivity index (χ0n) is 33.0. The van der Waals surface area contributed by atoms with E-state index in [0.29, 0.717) is 31.4 Å². The molecule has 4 aliphatic heterocycles. The number of urea groups is 1. The average Bonchev–Trinajstić information content (AvgIpc) is 3.83. The van der Waals surface area contributed by atoms with Gasteiger partial charge in [0, 0.05) is 38.2 Å². The molecule has 1 aromatic carbocycles. The number of esters is 1. The third kappa shape index (κ3) is 9.76. The monoisotopic (exact) mass is 813 g/mol. The number of fused-ring (bicyclic) bond motifs is 3. The van der Waals surface area contributed by atoms with E-state index < -0.39 is 108 Å². The first kappa shape index (κ1) is 42.5. The predicted octanol–water partition coefficient (Wildman–Crippen LogP) is 1.75. The molecule has 6 rings (SSSR count). The highest BCUT2D eigenvalue weighted by molar-refractivity contribution is 5.98. The van der Waals surface area contributed by atoms with Crippen LogP contribution < -0.4 is 21.3 Å². The lowest BCUT2D eigenvalue weighted by Crippen LogP contribution is -2.63. The lowest BCUT2D eigenvalue weighted by molar-refractivity contribution is -0.163. The Bertz CT molecular complexity index is 1800. The highest BCUT2D eigenvalue weighted by Gasteiger charge is 2.48. The van der Waals surface area contributed by atoms with Crippen molar-refractivity contribution in [2.24, 2.45) is 5.92 Å². The Labute approximate surface area is 335 Å². The van der Waals surface area contributed by atoms with E-state index in [2.05, 4.69) is 21.3 Å². The minimum atomic E-state index is -1.64. The van der Waals surface area contributed by atoms with Crippen molar-refractivity contribution >= 4 is 47.2 Å². The molecule has 58 heavy (non-hydrogen) atoms. The first-order valence-corrected chi connectivity index (χ1v) is 20.1. The fourth-order valence-corrected chi connectivity index (χ4v) is 8.71. The summed E-state index contributed by atoms with van der Waals surface area (Å²) in [5.74, 6) is -5.79. The summed E-state index contributed by atoms with van der Waals surface area (Å²) < 4.78 is 34.7. The molecule has 1 aromatic rings. The number of carbonyl (C=O) groups excluding carboxylic acids is 7. The number of anilines is 1. The van der Waals surface area contributed by atoms with Gasteiger partial charge in [0.15, 0.2) is 0 Å².